The molecule has 0 amide bonds. The summed E-state index contributed by atoms with van der Waals surface area (Å²) in [5.41, 5.74) is 0. The Hall–Kier alpha value is 0. The third-order valence-corrected chi connectivity index (χ3v) is 6.52. The second-order valence-corrected chi connectivity index (χ2v) is 8.62. The van der Waals surface area contributed by atoms with Gasteiger partial charge in [0.2, 0.25) is 0 Å². The van der Waals surface area contributed by atoms with Crippen LogP contribution in [0.3, 0.4) is 0 Å². The van der Waals surface area contributed by atoms with Gasteiger partial charge < -0.3 is 0 Å². The molecule has 0 aliphatic rings. The monoisotopic (exact) mass is 352 g/mol. The Bertz CT molecular complexity index is 244. The number of hydrogen-bond acceptors (Lipinski definition) is 0. The Balaban J connectivity index is 4.23. The first-order valence-electron chi connectivity index (χ1n) is 12.2. The molecule has 25 heavy (non-hydrogen) atoms. The van der Waals surface area contributed by atoms with Crippen molar-refractivity contribution in [2.45, 2.75) is 144 Å². The van der Waals surface area contributed by atoms with Gasteiger partial charge in [-0.1, -0.05) is 137 Å². The molecule has 0 heteroatoms. The minimum atomic E-state index is 0.991. The van der Waals surface area contributed by atoms with E-state index in [1.807, 2.05) is 0 Å². The molecule has 0 nitrogen and oxygen atoms in total. The summed E-state index contributed by atoms with van der Waals surface area (Å²) in [5.74, 6) is 3.00. The summed E-state index contributed by atoms with van der Waals surface area (Å²) in [6.07, 6.45) is 24.6. The number of rotatable bonds is 19. The van der Waals surface area contributed by atoms with Gasteiger partial charge in [0.25, 0.3) is 0 Å². The zero-order valence-electron chi connectivity index (χ0n) is 18.8. The van der Waals surface area contributed by atoms with Gasteiger partial charge in [0.15, 0.2) is 0 Å². The van der Waals surface area contributed by atoms with Gasteiger partial charge >= 0.3 is 0 Å². The molecule has 0 spiro atoms. The second-order valence-electron chi connectivity index (χ2n) is 8.62. The van der Waals surface area contributed by atoms with Crippen molar-refractivity contribution in [1.82, 2.24) is 0 Å². The first kappa shape index (κ1) is 25.0. The highest BCUT2D eigenvalue weighted by Gasteiger charge is 2.19. The van der Waals surface area contributed by atoms with Crippen LogP contribution in [0.15, 0.2) is 0 Å². The molecule has 0 aliphatic carbocycles. The second kappa shape index (κ2) is 18.8. The Labute approximate surface area is 161 Å². The van der Waals surface area contributed by atoms with Crippen LogP contribution >= 0.6 is 0 Å². The molecule has 0 bridgehead atoms. The van der Waals surface area contributed by atoms with Crippen LogP contribution in [0.25, 0.3) is 0 Å². The van der Waals surface area contributed by atoms with E-state index in [1.54, 1.807) is 0 Å². The maximum atomic E-state index is 2.44. The maximum absolute atomic E-state index is 2.44. The molecule has 0 saturated heterocycles. The first-order valence-corrected chi connectivity index (χ1v) is 12.2. The fraction of sp³-hybridized carbons (Fsp3) is 1.00. The summed E-state index contributed by atoms with van der Waals surface area (Å²) in [6, 6.07) is 0. The zero-order chi connectivity index (χ0) is 18.8. The lowest BCUT2D eigenvalue weighted by atomic mass is 9.79. The average Bonchev–Trinajstić information content (AvgIpc) is 2.64. The zero-order valence-corrected chi connectivity index (χ0v) is 18.8. The molecule has 3 unspecified atom stereocenters. The molecule has 0 heterocycles. The van der Waals surface area contributed by atoms with E-state index in [0.29, 0.717) is 0 Å². The molecule has 0 rings (SSSR count). The molecule has 0 aromatic carbocycles. The quantitative estimate of drug-likeness (QED) is 0.203. The summed E-state index contributed by atoms with van der Waals surface area (Å²) in [5, 5.41) is 0. The highest BCUT2D eigenvalue weighted by molar-refractivity contribution is 4.71. The van der Waals surface area contributed by atoms with E-state index < -0.39 is 0 Å². The molecule has 0 fully saturated rings. The molecule has 0 aromatic rings. The minimum Gasteiger partial charge on any atom is -0.0654 e. The van der Waals surface area contributed by atoms with Gasteiger partial charge in [0.1, 0.15) is 0 Å². The fourth-order valence-electron chi connectivity index (χ4n) is 4.60. The highest BCUT2D eigenvalue weighted by Crippen LogP contribution is 2.32. The summed E-state index contributed by atoms with van der Waals surface area (Å²) in [4.78, 5) is 0. The lowest BCUT2D eigenvalue weighted by molar-refractivity contribution is 0.243. The van der Waals surface area contributed by atoms with Gasteiger partial charge in [-0.2, -0.15) is 0 Å². The summed E-state index contributed by atoms with van der Waals surface area (Å²) < 4.78 is 0. The van der Waals surface area contributed by atoms with Gasteiger partial charge in [0.05, 0.1) is 0 Å². The van der Waals surface area contributed by atoms with Gasteiger partial charge in [-0.3, -0.25) is 0 Å². The average molecular weight is 353 g/mol. The summed E-state index contributed by atoms with van der Waals surface area (Å²) >= 11 is 0. The van der Waals surface area contributed by atoms with Crippen molar-refractivity contribution in [2.75, 3.05) is 0 Å². The third kappa shape index (κ3) is 13.8. The summed E-state index contributed by atoms with van der Waals surface area (Å²) in [6.45, 7) is 11.9. The van der Waals surface area contributed by atoms with E-state index in [-0.39, 0.29) is 0 Å². The van der Waals surface area contributed by atoms with Crippen molar-refractivity contribution in [3.05, 3.63) is 0 Å². The van der Waals surface area contributed by atoms with Gasteiger partial charge in [-0.15, -0.1) is 0 Å². The molecular weight excluding hydrogens is 300 g/mol. The summed E-state index contributed by atoms with van der Waals surface area (Å²) in [7, 11) is 0. The van der Waals surface area contributed by atoms with E-state index in [9.17, 15) is 0 Å². The lowest BCUT2D eigenvalue weighted by Crippen LogP contribution is -2.15. The highest BCUT2D eigenvalue weighted by atomic mass is 14.2. The van der Waals surface area contributed by atoms with Crippen LogP contribution in [0.5, 0.6) is 0 Å². The van der Waals surface area contributed by atoms with Crippen LogP contribution in [0.4, 0.5) is 0 Å². The SMILES string of the molecule is CCCCCCCCC(CCCC)CCC(CC)C(CC)CCCC. The van der Waals surface area contributed by atoms with E-state index in [0.717, 1.165) is 17.8 Å². The van der Waals surface area contributed by atoms with Crippen LogP contribution in [0, 0.1) is 17.8 Å². The predicted molar refractivity (Wildman–Crippen MR) is 117 cm³/mol. The van der Waals surface area contributed by atoms with Crippen LogP contribution in [0.2, 0.25) is 0 Å². The first-order chi connectivity index (χ1) is 12.2. The van der Waals surface area contributed by atoms with E-state index >= 15 is 0 Å². The Kier molecular flexibility index (Phi) is 18.8. The molecule has 0 aromatic heterocycles. The number of unbranched alkanes of at least 4 members (excludes halogenated alkanes) is 7. The lowest BCUT2D eigenvalue weighted by Gasteiger charge is -2.27. The Morgan fingerprint density at radius 3 is 1.48 bits per heavy atom. The van der Waals surface area contributed by atoms with Gasteiger partial charge in [-0.25, -0.2) is 0 Å². The normalized spacial score (nSPS) is 15.2. The molecule has 0 saturated carbocycles. The molecule has 0 N–H and O–H groups in total. The van der Waals surface area contributed by atoms with E-state index in [4.69, 9.17) is 0 Å². The molecule has 0 radical (unpaired) electrons. The molecular formula is C25H52. The van der Waals surface area contributed by atoms with Crippen LogP contribution in [-0.4, -0.2) is 0 Å². The van der Waals surface area contributed by atoms with Crippen molar-refractivity contribution in [1.29, 1.82) is 0 Å². The fourth-order valence-corrected chi connectivity index (χ4v) is 4.60. The van der Waals surface area contributed by atoms with E-state index in [1.165, 1.54) is 109 Å². The minimum absolute atomic E-state index is 0.991. The van der Waals surface area contributed by atoms with Gasteiger partial charge in [-0.05, 0) is 24.2 Å². The Morgan fingerprint density at radius 1 is 0.400 bits per heavy atom. The van der Waals surface area contributed by atoms with Crippen molar-refractivity contribution in [3.63, 3.8) is 0 Å². The maximum Gasteiger partial charge on any atom is -0.0388 e. The molecule has 3 atom stereocenters. The van der Waals surface area contributed by atoms with Crippen LogP contribution < -0.4 is 0 Å². The van der Waals surface area contributed by atoms with Crippen molar-refractivity contribution < 1.29 is 0 Å². The predicted octanol–water partition coefficient (Wildman–Crippen LogP) is 9.57. The third-order valence-electron chi connectivity index (χ3n) is 6.52. The van der Waals surface area contributed by atoms with Crippen LogP contribution in [-0.2, 0) is 0 Å². The standard InChI is InChI=1S/C25H52/c1-6-11-14-15-16-17-19-23(18-12-7-2)21-22-25(10-5)24(9-4)20-13-8-3/h23-25H,6-22H2,1-5H3. The molecule has 152 valence electrons. The largest absolute Gasteiger partial charge is 0.0654 e. The van der Waals surface area contributed by atoms with Crippen molar-refractivity contribution in [3.8, 4) is 0 Å². The van der Waals surface area contributed by atoms with Gasteiger partial charge in [0, 0.05) is 0 Å². The molecule has 0 aliphatic heterocycles. The number of hydrogen-bond donors (Lipinski definition) is 0. The van der Waals surface area contributed by atoms with Crippen molar-refractivity contribution >= 4 is 0 Å². The Morgan fingerprint density at radius 2 is 0.880 bits per heavy atom. The smallest absolute Gasteiger partial charge is 0.0388 e. The topological polar surface area (TPSA) is 0 Å². The van der Waals surface area contributed by atoms with Crippen molar-refractivity contribution in [2.24, 2.45) is 17.8 Å². The van der Waals surface area contributed by atoms with E-state index in [2.05, 4.69) is 34.6 Å². The van der Waals surface area contributed by atoms with Crippen LogP contribution in [0.1, 0.15) is 144 Å².